The number of fused-ring (bicyclic) bond motifs is 1. The highest BCUT2D eigenvalue weighted by Crippen LogP contribution is 2.52. The fourth-order valence-electron chi connectivity index (χ4n) is 7.77. The van der Waals surface area contributed by atoms with Crippen molar-refractivity contribution < 1.29 is 23.2 Å². The van der Waals surface area contributed by atoms with Crippen molar-refractivity contribution >= 4 is 41.0 Å². The fourth-order valence-corrected chi connectivity index (χ4v) is 9.27. The van der Waals surface area contributed by atoms with Crippen LogP contribution in [0.15, 0.2) is 42.5 Å². The van der Waals surface area contributed by atoms with E-state index in [1.165, 1.54) is 17.8 Å². The van der Waals surface area contributed by atoms with Gasteiger partial charge in [0, 0.05) is 49.9 Å². The van der Waals surface area contributed by atoms with Crippen molar-refractivity contribution in [1.82, 2.24) is 14.7 Å². The number of amides is 4. The van der Waals surface area contributed by atoms with Crippen molar-refractivity contribution in [1.29, 1.82) is 0 Å². The number of hydrogen-bond acceptors (Lipinski definition) is 5. The number of piperidine rings is 1. The number of rotatable bonds is 8. The second-order valence-electron chi connectivity index (χ2n) is 15.5. The highest BCUT2D eigenvalue weighted by atomic mass is 32.2. The lowest BCUT2D eigenvalue weighted by atomic mass is 9.89. The van der Waals surface area contributed by atoms with E-state index in [-0.39, 0.29) is 54.7 Å². The summed E-state index contributed by atoms with van der Waals surface area (Å²) in [6.07, 6.45) is 4.74. The fraction of sp³-hybridized carbons (Fsp3) is 0.595. The number of nitrogens with zero attached hydrogens (tertiary/aromatic N) is 4. The van der Waals surface area contributed by atoms with Gasteiger partial charge in [-0.3, -0.25) is 9.59 Å². The average molecular weight is 680 g/mol. The van der Waals surface area contributed by atoms with Crippen LogP contribution in [0.3, 0.4) is 0 Å². The standard InChI is InChI=1S/C37H47F2N5O3S/c1-36(2,3)16-20-44-33(46)30(48-34(44)27-8-6-9-28(38)32(27)42-22-37(39,23-42)25-11-12-25)21-31(45)41-17-14-26(15-18-41)43-19-13-24-7-4-5-10-29(24)40-35(43)47/h4-10,25-26,30,34H,11-23H2,1-3H3,(H,40,47). The maximum atomic E-state index is 15.5. The Morgan fingerprint density at radius 1 is 1.00 bits per heavy atom. The molecule has 11 heteroatoms. The Morgan fingerprint density at radius 3 is 2.44 bits per heavy atom. The van der Waals surface area contributed by atoms with E-state index in [0.29, 0.717) is 50.3 Å². The molecule has 2 unspecified atom stereocenters. The molecule has 2 aromatic rings. The monoisotopic (exact) mass is 679 g/mol. The van der Waals surface area contributed by atoms with Gasteiger partial charge in [-0.25, -0.2) is 13.6 Å². The van der Waals surface area contributed by atoms with Crippen LogP contribution in [0.4, 0.5) is 25.0 Å². The Bertz CT molecular complexity index is 1560. The molecule has 3 saturated heterocycles. The van der Waals surface area contributed by atoms with Gasteiger partial charge >= 0.3 is 6.03 Å². The van der Waals surface area contributed by atoms with E-state index in [4.69, 9.17) is 0 Å². The van der Waals surface area contributed by atoms with Gasteiger partial charge in [0.25, 0.3) is 0 Å². The first-order valence-electron chi connectivity index (χ1n) is 17.5. The highest BCUT2D eigenvalue weighted by Gasteiger charge is 2.55. The quantitative estimate of drug-likeness (QED) is 0.340. The number of benzene rings is 2. The third-order valence-corrected chi connectivity index (χ3v) is 12.3. The zero-order valence-electron chi connectivity index (χ0n) is 28.2. The van der Waals surface area contributed by atoms with Crippen LogP contribution in [0.2, 0.25) is 0 Å². The van der Waals surface area contributed by atoms with E-state index >= 15 is 8.78 Å². The van der Waals surface area contributed by atoms with E-state index in [2.05, 4.69) is 26.1 Å². The van der Waals surface area contributed by atoms with Crippen molar-refractivity contribution in [3.05, 3.63) is 59.4 Å². The lowest BCUT2D eigenvalue weighted by Crippen LogP contribution is -2.61. The summed E-state index contributed by atoms with van der Waals surface area (Å²) in [5.74, 6) is -0.514. The number of urea groups is 1. The normalized spacial score (nSPS) is 24.7. The number of thioether (sulfide) groups is 1. The number of carbonyl (C=O) groups is 3. The molecule has 1 aliphatic carbocycles. The molecule has 0 aromatic heterocycles. The molecule has 8 nitrogen and oxygen atoms in total. The molecular weight excluding hydrogens is 633 g/mol. The van der Waals surface area contributed by atoms with Crippen LogP contribution >= 0.6 is 11.8 Å². The number of alkyl halides is 1. The Labute approximate surface area is 286 Å². The number of nitrogens with one attached hydrogen (secondary N) is 1. The van der Waals surface area contributed by atoms with E-state index in [1.807, 2.05) is 45.0 Å². The third-order valence-electron chi connectivity index (χ3n) is 10.8. The molecule has 48 heavy (non-hydrogen) atoms. The van der Waals surface area contributed by atoms with Gasteiger partial charge in [0.1, 0.15) is 16.9 Å². The zero-order valence-corrected chi connectivity index (χ0v) is 29.0. The summed E-state index contributed by atoms with van der Waals surface area (Å²) in [5, 5.41) is 2.00. The summed E-state index contributed by atoms with van der Waals surface area (Å²) in [4.78, 5) is 48.1. The van der Waals surface area contributed by atoms with Gasteiger partial charge in [0.05, 0.1) is 24.0 Å². The van der Waals surface area contributed by atoms with Crippen molar-refractivity contribution in [2.45, 2.75) is 88.1 Å². The van der Waals surface area contributed by atoms with E-state index in [9.17, 15) is 14.4 Å². The summed E-state index contributed by atoms with van der Waals surface area (Å²) in [6.45, 7) is 8.89. The molecular formula is C37H47F2N5O3S. The molecule has 4 heterocycles. The van der Waals surface area contributed by atoms with Crippen LogP contribution < -0.4 is 10.2 Å². The minimum Gasteiger partial charge on any atom is -0.362 e. The molecule has 4 amide bonds. The molecule has 5 aliphatic rings. The molecule has 0 radical (unpaired) electrons. The Morgan fingerprint density at radius 2 is 1.73 bits per heavy atom. The van der Waals surface area contributed by atoms with Crippen LogP contribution in [-0.2, 0) is 16.0 Å². The lowest BCUT2D eigenvalue weighted by Gasteiger charge is -2.47. The van der Waals surface area contributed by atoms with Crippen LogP contribution in [0.25, 0.3) is 0 Å². The van der Waals surface area contributed by atoms with E-state index in [1.54, 1.807) is 11.0 Å². The minimum atomic E-state index is -1.27. The van der Waals surface area contributed by atoms with Gasteiger partial charge in [-0.2, -0.15) is 0 Å². The van der Waals surface area contributed by atoms with Crippen molar-refractivity contribution in [3.63, 3.8) is 0 Å². The van der Waals surface area contributed by atoms with Crippen molar-refractivity contribution in [2.75, 3.05) is 49.5 Å². The van der Waals surface area contributed by atoms with E-state index < -0.39 is 22.1 Å². The molecule has 1 saturated carbocycles. The summed E-state index contributed by atoms with van der Waals surface area (Å²) in [5.41, 5.74) is 1.74. The Balaban J connectivity index is 1.02. The molecule has 2 aromatic carbocycles. The molecule has 2 atom stereocenters. The Hall–Kier alpha value is -3.34. The number of likely N-dealkylation sites (tertiary alicyclic amines) is 1. The second-order valence-corrected chi connectivity index (χ2v) is 16.8. The van der Waals surface area contributed by atoms with Crippen LogP contribution in [-0.4, -0.2) is 88.8 Å². The van der Waals surface area contributed by atoms with Gasteiger partial charge in [-0.05, 0) is 67.6 Å². The van der Waals surface area contributed by atoms with Crippen LogP contribution in [0, 0.1) is 17.2 Å². The minimum absolute atomic E-state index is 0.0266. The second kappa shape index (κ2) is 12.8. The molecule has 1 N–H and O–H groups in total. The first-order chi connectivity index (χ1) is 22.9. The van der Waals surface area contributed by atoms with Gasteiger partial charge in [-0.15, -0.1) is 11.8 Å². The van der Waals surface area contributed by atoms with Crippen molar-refractivity contribution in [2.24, 2.45) is 11.3 Å². The smallest absolute Gasteiger partial charge is 0.322 e. The van der Waals surface area contributed by atoms with Crippen molar-refractivity contribution in [3.8, 4) is 0 Å². The van der Waals surface area contributed by atoms with Crippen LogP contribution in [0.1, 0.15) is 75.8 Å². The number of anilines is 2. The number of hydrogen-bond donors (Lipinski definition) is 1. The maximum absolute atomic E-state index is 15.5. The largest absolute Gasteiger partial charge is 0.362 e. The number of carbonyl (C=O) groups excluding carboxylic acids is 3. The van der Waals surface area contributed by atoms with Crippen LogP contribution in [0.5, 0.6) is 0 Å². The third kappa shape index (κ3) is 6.63. The predicted molar refractivity (Wildman–Crippen MR) is 185 cm³/mol. The molecule has 0 spiro atoms. The molecule has 258 valence electrons. The maximum Gasteiger partial charge on any atom is 0.322 e. The summed E-state index contributed by atoms with van der Waals surface area (Å²) in [6, 6.07) is 12.8. The molecule has 4 fully saturated rings. The number of para-hydroxylation sites is 2. The first-order valence-corrected chi connectivity index (χ1v) is 18.5. The predicted octanol–water partition coefficient (Wildman–Crippen LogP) is 6.61. The van der Waals surface area contributed by atoms with Gasteiger partial charge in [0.15, 0.2) is 0 Å². The Kier molecular flexibility index (Phi) is 8.87. The van der Waals surface area contributed by atoms with Gasteiger partial charge in [0.2, 0.25) is 11.8 Å². The first kappa shape index (κ1) is 33.2. The molecule has 0 bridgehead atoms. The van der Waals surface area contributed by atoms with Gasteiger partial charge < -0.3 is 24.9 Å². The van der Waals surface area contributed by atoms with E-state index in [0.717, 1.165) is 36.9 Å². The molecule has 4 aliphatic heterocycles. The number of halogens is 2. The summed E-state index contributed by atoms with van der Waals surface area (Å²) in [7, 11) is 0. The molecule has 7 rings (SSSR count). The van der Waals surface area contributed by atoms with Gasteiger partial charge in [-0.1, -0.05) is 51.1 Å². The SMILES string of the molecule is CC(C)(C)CCN1C(=O)C(CC(=O)N2CCC(N3CCc4ccccc4NC3=O)CC2)SC1c1cccc(F)c1N1CC(F)(C2CC2)C1. The summed E-state index contributed by atoms with van der Waals surface area (Å²) >= 11 is 1.42. The summed E-state index contributed by atoms with van der Waals surface area (Å²) < 4.78 is 30.9. The lowest BCUT2D eigenvalue weighted by molar-refractivity contribution is -0.137. The highest BCUT2D eigenvalue weighted by molar-refractivity contribution is 8.01. The zero-order chi connectivity index (χ0) is 33.8. The average Bonchev–Trinajstić information content (AvgIpc) is 3.86. The topological polar surface area (TPSA) is 76.2 Å².